The molecule has 3 aromatic rings. The SMILES string of the molecule is CC1CCCN1C.NCc1nc(C2CN(Cc3ccncc3)C=N2)nc(C2CN(Cc3ccncc3)C=N2)n1. The molecule has 0 amide bonds. The zero-order valence-corrected chi connectivity index (χ0v) is 22.7. The molecule has 0 aliphatic carbocycles. The standard InChI is InChI=1S/C22H24N10.C6H13N/c23-9-20-28-21(18-12-31(14-26-18)10-16-1-5-24-6-2-16)30-22(29-20)19-13-32(15-27-19)11-17-3-7-25-8-4-17;1-6-4-3-5-7(6)2/h1-8,14-15,18-19H,9-13,23H2;6H,3-5H2,1-2H3. The zero-order valence-electron chi connectivity index (χ0n) is 22.7. The fourth-order valence-corrected chi connectivity index (χ4v) is 4.86. The van der Waals surface area contributed by atoms with Gasteiger partial charge in [0.05, 0.1) is 19.2 Å². The third-order valence-electron chi connectivity index (χ3n) is 7.28. The third kappa shape index (κ3) is 7.18. The second kappa shape index (κ2) is 12.8. The second-order valence-corrected chi connectivity index (χ2v) is 10.3. The first-order valence-corrected chi connectivity index (χ1v) is 13.5. The van der Waals surface area contributed by atoms with Crippen molar-refractivity contribution in [1.82, 2.24) is 39.6 Å². The van der Waals surface area contributed by atoms with Gasteiger partial charge >= 0.3 is 0 Å². The van der Waals surface area contributed by atoms with Gasteiger partial charge in [-0.25, -0.2) is 15.0 Å². The van der Waals surface area contributed by atoms with Crippen molar-refractivity contribution < 1.29 is 0 Å². The number of hydrogen-bond donors (Lipinski definition) is 1. The summed E-state index contributed by atoms with van der Waals surface area (Å²) in [6.07, 6.45) is 13.7. The number of rotatable bonds is 7. The lowest BCUT2D eigenvalue weighted by Crippen LogP contribution is -2.23. The van der Waals surface area contributed by atoms with Crippen LogP contribution >= 0.6 is 0 Å². The van der Waals surface area contributed by atoms with Crippen LogP contribution in [0.2, 0.25) is 0 Å². The molecule has 3 atom stereocenters. The maximum absolute atomic E-state index is 5.88. The Bertz CT molecular complexity index is 1160. The van der Waals surface area contributed by atoms with Crippen LogP contribution in [-0.2, 0) is 19.6 Å². The molecule has 2 N–H and O–H groups in total. The van der Waals surface area contributed by atoms with Gasteiger partial charge in [0.2, 0.25) is 0 Å². The molecule has 3 unspecified atom stereocenters. The number of nitrogens with two attached hydrogens (primary N) is 1. The summed E-state index contributed by atoms with van der Waals surface area (Å²) in [5, 5.41) is 0. The van der Waals surface area contributed by atoms with Crippen LogP contribution in [0.3, 0.4) is 0 Å². The molecule has 3 aliphatic heterocycles. The average molecular weight is 528 g/mol. The van der Waals surface area contributed by atoms with Crippen LogP contribution < -0.4 is 5.73 Å². The summed E-state index contributed by atoms with van der Waals surface area (Å²) < 4.78 is 0. The Kier molecular flexibility index (Phi) is 8.79. The van der Waals surface area contributed by atoms with Crippen LogP contribution in [0, 0.1) is 0 Å². The molecule has 0 radical (unpaired) electrons. The Morgan fingerprint density at radius 2 is 1.31 bits per heavy atom. The predicted molar refractivity (Wildman–Crippen MR) is 151 cm³/mol. The molecular weight excluding hydrogens is 490 g/mol. The summed E-state index contributed by atoms with van der Waals surface area (Å²) >= 11 is 0. The van der Waals surface area contributed by atoms with Gasteiger partial charge in [-0.1, -0.05) is 0 Å². The van der Waals surface area contributed by atoms with Crippen LogP contribution in [0.25, 0.3) is 0 Å². The molecule has 0 spiro atoms. The molecule has 39 heavy (non-hydrogen) atoms. The van der Waals surface area contributed by atoms with E-state index in [1.807, 2.05) is 36.9 Å². The third-order valence-corrected chi connectivity index (χ3v) is 7.28. The summed E-state index contributed by atoms with van der Waals surface area (Å²) in [5.74, 6) is 1.86. The molecule has 204 valence electrons. The van der Waals surface area contributed by atoms with Crippen molar-refractivity contribution in [1.29, 1.82) is 0 Å². The van der Waals surface area contributed by atoms with E-state index in [9.17, 15) is 0 Å². The van der Waals surface area contributed by atoms with Gasteiger partial charge in [0.25, 0.3) is 0 Å². The van der Waals surface area contributed by atoms with Crippen molar-refractivity contribution in [3.05, 3.63) is 77.7 Å². The zero-order chi connectivity index (χ0) is 27.0. The lowest BCUT2D eigenvalue weighted by molar-refractivity contribution is 0.331. The lowest BCUT2D eigenvalue weighted by Gasteiger charge is -2.18. The highest BCUT2D eigenvalue weighted by Gasteiger charge is 2.27. The van der Waals surface area contributed by atoms with Gasteiger partial charge in [-0.15, -0.1) is 0 Å². The van der Waals surface area contributed by atoms with Crippen molar-refractivity contribution in [2.24, 2.45) is 15.7 Å². The molecule has 0 aromatic carbocycles. The van der Waals surface area contributed by atoms with Crippen molar-refractivity contribution in [2.45, 2.75) is 57.5 Å². The first-order valence-electron chi connectivity index (χ1n) is 13.5. The van der Waals surface area contributed by atoms with Crippen molar-refractivity contribution in [2.75, 3.05) is 26.7 Å². The molecule has 11 heteroatoms. The van der Waals surface area contributed by atoms with E-state index in [-0.39, 0.29) is 18.6 Å². The van der Waals surface area contributed by atoms with Crippen LogP contribution in [-0.4, -0.2) is 85.0 Å². The van der Waals surface area contributed by atoms with E-state index >= 15 is 0 Å². The summed E-state index contributed by atoms with van der Waals surface area (Å²) in [6, 6.07) is 8.56. The molecule has 6 rings (SSSR count). The molecule has 1 saturated heterocycles. The maximum Gasteiger partial charge on any atom is 0.159 e. The molecule has 11 nitrogen and oxygen atoms in total. The molecule has 0 saturated carbocycles. The van der Waals surface area contributed by atoms with Crippen LogP contribution in [0.4, 0.5) is 0 Å². The van der Waals surface area contributed by atoms with Gasteiger partial charge in [0.1, 0.15) is 17.9 Å². The number of pyridine rings is 2. The number of hydrogen-bond acceptors (Lipinski definition) is 11. The van der Waals surface area contributed by atoms with Crippen molar-refractivity contribution in [3.8, 4) is 0 Å². The van der Waals surface area contributed by atoms with E-state index in [0.29, 0.717) is 30.6 Å². The van der Waals surface area contributed by atoms with Gasteiger partial charge in [0, 0.05) is 57.0 Å². The fourth-order valence-electron chi connectivity index (χ4n) is 4.86. The minimum Gasteiger partial charge on any atom is -0.356 e. The van der Waals surface area contributed by atoms with E-state index in [4.69, 9.17) is 10.7 Å². The van der Waals surface area contributed by atoms with Gasteiger partial charge in [-0.3, -0.25) is 20.0 Å². The predicted octanol–water partition coefficient (Wildman–Crippen LogP) is 2.39. The Balaban J connectivity index is 0.000000384. The Morgan fingerprint density at radius 1 is 0.795 bits per heavy atom. The van der Waals surface area contributed by atoms with Crippen LogP contribution in [0.5, 0.6) is 0 Å². The Morgan fingerprint density at radius 3 is 1.69 bits per heavy atom. The molecular formula is C28H37N11. The molecule has 0 bridgehead atoms. The Hall–Kier alpha value is -3.83. The highest BCUT2D eigenvalue weighted by Crippen LogP contribution is 2.25. The fraction of sp³-hybridized carbons (Fsp3) is 0.464. The van der Waals surface area contributed by atoms with Gasteiger partial charge in [-0.05, 0) is 68.8 Å². The summed E-state index contributed by atoms with van der Waals surface area (Å²) in [5.41, 5.74) is 8.24. The summed E-state index contributed by atoms with van der Waals surface area (Å²) in [7, 11) is 2.19. The van der Waals surface area contributed by atoms with Gasteiger partial charge < -0.3 is 20.4 Å². The average Bonchev–Trinajstić information content (AvgIpc) is 3.72. The van der Waals surface area contributed by atoms with E-state index in [0.717, 1.165) is 19.1 Å². The maximum atomic E-state index is 5.88. The summed E-state index contributed by atoms with van der Waals surface area (Å²) in [4.78, 5) is 38.0. The first kappa shape index (κ1) is 26.8. The minimum absolute atomic E-state index is 0.151. The smallest absolute Gasteiger partial charge is 0.159 e. The van der Waals surface area contributed by atoms with Crippen LogP contribution in [0.15, 0.2) is 59.0 Å². The first-order chi connectivity index (χ1) is 19.1. The van der Waals surface area contributed by atoms with Crippen molar-refractivity contribution in [3.63, 3.8) is 0 Å². The quantitative estimate of drug-likeness (QED) is 0.493. The summed E-state index contributed by atoms with van der Waals surface area (Å²) in [6.45, 7) is 6.78. The number of aliphatic imine (C=N–C) groups is 2. The van der Waals surface area contributed by atoms with E-state index in [1.54, 1.807) is 24.8 Å². The number of nitrogens with zero attached hydrogens (tertiary/aromatic N) is 10. The van der Waals surface area contributed by atoms with Gasteiger partial charge in [-0.2, -0.15) is 0 Å². The second-order valence-electron chi connectivity index (χ2n) is 10.3. The molecule has 3 aliphatic rings. The largest absolute Gasteiger partial charge is 0.356 e. The lowest BCUT2D eigenvalue weighted by atomic mass is 10.2. The van der Waals surface area contributed by atoms with Crippen molar-refractivity contribution >= 4 is 12.7 Å². The molecule has 1 fully saturated rings. The monoisotopic (exact) mass is 527 g/mol. The minimum atomic E-state index is -0.151. The highest BCUT2D eigenvalue weighted by atomic mass is 15.3. The number of aromatic nitrogens is 5. The number of likely N-dealkylation sites (tertiary alicyclic amines) is 1. The molecule has 3 aromatic heterocycles. The highest BCUT2D eigenvalue weighted by molar-refractivity contribution is 5.59. The van der Waals surface area contributed by atoms with Gasteiger partial charge in [0.15, 0.2) is 11.6 Å². The molecule has 6 heterocycles. The van der Waals surface area contributed by atoms with E-state index in [1.165, 1.54) is 30.5 Å². The normalized spacial score (nSPS) is 22.4. The Labute approximate surface area is 230 Å². The van der Waals surface area contributed by atoms with E-state index in [2.05, 4.69) is 58.6 Å². The van der Waals surface area contributed by atoms with E-state index < -0.39 is 0 Å². The van der Waals surface area contributed by atoms with Crippen LogP contribution in [0.1, 0.15) is 60.4 Å². The topological polar surface area (TPSA) is 125 Å².